The molecular formula is C7H5BrOS. The van der Waals surface area contributed by atoms with Gasteiger partial charge in [-0.3, -0.25) is 4.79 Å². The summed E-state index contributed by atoms with van der Waals surface area (Å²) >= 11 is 4.87. The van der Waals surface area contributed by atoms with E-state index in [1.807, 2.05) is 11.4 Å². The summed E-state index contributed by atoms with van der Waals surface area (Å²) in [4.78, 5) is 12.2. The summed E-state index contributed by atoms with van der Waals surface area (Å²) in [6.07, 6.45) is 0.873. The lowest BCUT2D eigenvalue weighted by atomic mass is 10.3. The van der Waals surface area contributed by atoms with Gasteiger partial charge in [0.05, 0.1) is 9.70 Å². The highest BCUT2D eigenvalue weighted by Crippen LogP contribution is 2.30. The summed E-state index contributed by atoms with van der Waals surface area (Å²) in [6.45, 7) is 0. The molecule has 1 nitrogen and oxygen atoms in total. The summed E-state index contributed by atoms with van der Waals surface area (Å²) in [5, 5.41) is 1.97. The molecule has 0 amide bonds. The van der Waals surface area contributed by atoms with Crippen LogP contribution in [0.15, 0.2) is 11.4 Å². The summed E-state index contributed by atoms with van der Waals surface area (Å²) in [5.41, 5.74) is 1.21. The van der Waals surface area contributed by atoms with Gasteiger partial charge in [-0.05, 0) is 23.4 Å². The Hall–Kier alpha value is -0.150. The molecule has 2 rings (SSSR count). The second kappa shape index (κ2) is 2.17. The van der Waals surface area contributed by atoms with Gasteiger partial charge in [0.25, 0.3) is 0 Å². The number of hydrogen-bond acceptors (Lipinski definition) is 2. The molecule has 0 bridgehead atoms. The standard InChI is InChI=1S/C7H5BrOS/c8-5-3-4-1-2-10-7(4)6(5)9/h1-2,5H,3H2. The summed E-state index contributed by atoms with van der Waals surface area (Å²) in [7, 11) is 0. The summed E-state index contributed by atoms with van der Waals surface area (Å²) < 4.78 is 0. The highest BCUT2D eigenvalue weighted by atomic mass is 79.9. The minimum Gasteiger partial charge on any atom is -0.292 e. The van der Waals surface area contributed by atoms with Gasteiger partial charge in [-0.25, -0.2) is 0 Å². The molecule has 52 valence electrons. The van der Waals surface area contributed by atoms with Crippen molar-refractivity contribution in [3.8, 4) is 0 Å². The van der Waals surface area contributed by atoms with E-state index in [0.717, 1.165) is 11.3 Å². The molecular weight excluding hydrogens is 212 g/mol. The maximum atomic E-state index is 11.2. The second-order valence-corrected chi connectivity index (χ2v) is 4.33. The first-order chi connectivity index (χ1) is 4.79. The monoisotopic (exact) mass is 216 g/mol. The van der Waals surface area contributed by atoms with Crippen LogP contribution in [-0.4, -0.2) is 10.6 Å². The summed E-state index contributed by atoms with van der Waals surface area (Å²) in [6, 6.07) is 2.03. The minimum atomic E-state index is 0.0509. The van der Waals surface area contributed by atoms with Crippen molar-refractivity contribution in [1.29, 1.82) is 0 Å². The number of halogens is 1. The van der Waals surface area contributed by atoms with E-state index in [-0.39, 0.29) is 10.6 Å². The lowest BCUT2D eigenvalue weighted by molar-refractivity contribution is 0.101. The molecule has 1 aliphatic carbocycles. The highest BCUT2D eigenvalue weighted by molar-refractivity contribution is 9.10. The van der Waals surface area contributed by atoms with Crippen molar-refractivity contribution in [3.63, 3.8) is 0 Å². The molecule has 1 aromatic heterocycles. The Morgan fingerprint density at radius 2 is 2.50 bits per heavy atom. The molecule has 0 saturated carbocycles. The number of hydrogen-bond donors (Lipinski definition) is 0. The van der Waals surface area contributed by atoms with Crippen molar-refractivity contribution < 1.29 is 4.79 Å². The zero-order valence-corrected chi connectivity index (χ0v) is 7.54. The second-order valence-electron chi connectivity index (χ2n) is 2.31. The molecule has 0 aliphatic heterocycles. The molecule has 1 unspecified atom stereocenters. The fourth-order valence-corrected chi connectivity index (χ4v) is 2.80. The average molecular weight is 217 g/mol. The number of carbonyl (C=O) groups is 1. The number of alkyl halides is 1. The quantitative estimate of drug-likeness (QED) is 0.609. The van der Waals surface area contributed by atoms with E-state index in [1.54, 1.807) is 11.3 Å². The van der Waals surface area contributed by atoms with Crippen LogP contribution in [0.5, 0.6) is 0 Å². The van der Waals surface area contributed by atoms with E-state index in [9.17, 15) is 4.79 Å². The Morgan fingerprint density at radius 3 is 3.20 bits per heavy atom. The predicted octanol–water partition coefficient (Wildman–Crippen LogP) is 2.25. The van der Waals surface area contributed by atoms with Crippen LogP contribution in [0.25, 0.3) is 0 Å². The highest BCUT2D eigenvalue weighted by Gasteiger charge is 2.28. The fraction of sp³-hybridized carbons (Fsp3) is 0.286. The maximum absolute atomic E-state index is 11.2. The normalized spacial score (nSPS) is 23.3. The molecule has 0 radical (unpaired) electrons. The molecule has 10 heavy (non-hydrogen) atoms. The fourth-order valence-electron chi connectivity index (χ4n) is 1.14. The van der Waals surface area contributed by atoms with E-state index >= 15 is 0 Å². The van der Waals surface area contributed by atoms with Gasteiger partial charge < -0.3 is 0 Å². The summed E-state index contributed by atoms with van der Waals surface area (Å²) in [5.74, 6) is 0.255. The van der Waals surface area contributed by atoms with Crippen molar-refractivity contribution in [2.45, 2.75) is 11.2 Å². The van der Waals surface area contributed by atoms with Crippen LogP contribution in [0.3, 0.4) is 0 Å². The number of rotatable bonds is 0. The zero-order chi connectivity index (χ0) is 7.14. The van der Waals surface area contributed by atoms with Gasteiger partial charge in [0.15, 0.2) is 5.78 Å². The third-order valence-corrected chi connectivity index (χ3v) is 3.36. The average Bonchev–Trinajstić information content (AvgIpc) is 2.41. The van der Waals surface area contributed by atoms with E-state index < -0.39 is 0 Å². The molecule has 1 aromatic rings. The lowest BCUT2D eigenvalue weighted by Crippen LogP contribution is -2.05. The predicted molar refractivity (Wildman–Crippen MR) is 45.1 cm³/mol. The Balaban J connectivity index is 2.53. The van der Waals surface area contributed by atoms with Crippen LogP contribution in [0.2, 0.25) is 0 Å². The molecule has 1 atom stereocenters. The third-order valence-electron chi connectivity index (χ3n) is 1.65. The van der Waals surface area contributed by atoms with Crippen LogP contribution in [0.4, 0.5) is 0 Å². The van der Waals surface area contributed by atoms with Crippen LogP contribution in [0, 0.1) is 0 Å². The number of thiophene rings is 1. The van der Waals surface area contributed by atoms with Crippen LogP contribution in [-0.2, 0) is 6.42 Å². The largest absolute Gasteiger partial charge is 0.292 e. The van der Waals surface area contributed by atoms with Crippen molar-refractivity contribution in [1.82, 2.24) is 0 Å². The topological polar surface area (TPSA) is 17.1 Å². The molecule has 0 fully saturated rings. The number of ketones is 1. The van der Waals surface area contributed by atoms with E-state index in [2.05, 4.69) is 15.9 Å². The first-order valence-electron chi connectivity index (χ1n) is 3.03. The van der Waals surface area contributed by atoms with E-state index in [4.69, 9.17) is 0 Å². The Bertz CT molecular complexity index is 279. The number of Topliss-reactive ketones (excluding diaryl/α,β-unsaturated/α-hetero) is 1. The van der Waals surface area contributed by atoms with Gasteiger partial charge in [0, 0.05) is 0 Å². The van der Waals surface area contributed by atoms with Gasteiger partial charge >= 0.3 is 0 Å². The van der Waals surface area contributed by atoms with Crippen molar-refractivity contribution in [3.05, 3.63) is 21.9 Å². The lowest BCUT2D eigenvalue weighted by Gasteiger charge is -1.91. The minimum absolute atomic E-state index is 0.0509. The van der Waals surface area contributed by atoms with Gasteiger partial charge in [-0.15, -0.1) is 11.3 Å². The van der Waals surface area contributed by atoms with Gasteiger partial charge in [0.2, 0.25) is 0 Å². The molecule has 1 heterocycles. The van der Waals surface area contributed by atoms with Crippen LogP contribution < -0.4 is 0 Å². The zero-order valence-electron chi connectivity index (χ0n) is 5.13. The van der Waals surface area contributed by atoms with Crippen LogP contribution >= 0.6 is 27.3 Å². The van der Waals surface area contributed by atoms with Gasteiger partial charge in [0.1, 0.15) is 0 Å². The molecule has 3 heteroatoms. The Kier molecular flexibility index (Phi) is 1.42. The van der Waals surface area contributed by atoms with Gasteiger partial charge in [-0.1, -0.05) is 15.9 Å². The van der Waals surface area contributed by atoms with Crippen molar-refractivity contribution in [2.75, 3.05) is 0 Å². The molecule has 1 aliphatic rings. The van der Waals surface area contributed by atoms with Crippen molar-refractivity contribution >= 4 is 33.0 Å². The van der Waals surface area contributed by atoms with E-state index in [0.29, 0.717) is 0 Å². The number of carbonyl (C=O) groups excluding carboxylic acids is 1. The number of fused-ring (bicyclic) bond motifs is 1. The van der Waals surface area contributed by atoms with Crippen molar-refractivity contribution in [2.24, 2.45) is 0 Å². The molecule has 0 saturated heterocycles. The Labute approximate surface area is 71.2 Å². The van der Waals surface area contributed by atoms with Gasteiger partial charge in [-0.2, -0.15) is 0 Å². The smallest absolute Gasteiger partial charge is 0.186 e. The van der Waals surface area contributed by atoms with Crippen LogP contribution in [0.1, 0.15) is 15.2 Å². The third kappa shape index (κ3) is 0.772. The Morgan fingerprint density at radius 1 is 1.70 bits per heavy atom. The molecule has 0 aromatic carbocycles. The molecule has 0 spiro atoms. The maximum Gasteiger partial charge on any atom is 0.186 e. The van der Waals surface area contributed by atoms with E-state index in [1.165, 1.54) is 5.56 Å². The first kappa shape index (κ1) is 6.55. The molecule has 0 N–H and O–H groups in total. The SMILES string of the molecule is O=C1c2sccc2CC1Br. The first-order valence-corrected chi connectivity index (χ1v) is 4.83.